The van der Waals surface area contributed by atoms with Gasteiger partial charge in [0.05, 0.1) is 12.0 Å². The Kier molecular flexibility index (Phi) is 10.6. The van der Waals surface area contributed by atoms with Crippen molar-refractivity contribution in [3.63, 3.8) is 0 Å². The number of ether oxygens (including phenoxy) is 2. The van der Waals surface area contributed by atoms with E-state index < -0.39 is 5.60 Å². The monoisotopic (exact) mass is 570 g/mol. The molecule has 0 aromatic rings. The zero-order valence-corrected chi connectivity index (χ0v) is 27.9. The molecule has 0 aliphatic heterocycles. The summed E-state index contributed by atoms with van der Waals surface area (Å²) in [5.41, 5.74) is 1.85. The molecule has 4 aliphatic rings. The Bertz CT molecular complexity index is 949. The fourth-order valence-corrected chi connectivity index (χ4v) is 10.2. The molecule has 0 N–H and O–H groups in total. The van der Waals surface area contributed by atoms with E-state index in [2.05, 4.69) is 40.7 Å². The average Bonchev–Trinajstić information content (AvgIpc) is 3.24. The normalized spacial score (nSPS) is 35.7. The highest BCUT2D eigenvalue weighted by Crippen LogP contribution is 2.67. The number of fused-ring (bicyclic) bond motifs is 5. The van der Waals surface area contributed by atoms with Gasteiger partial charge in [0.15, 0.2) is 0 Å². The fraction of sp³-hybridized carbons (Fsp3) is 0.892. The highest BCUT2D eigenvalue weighted by Gasteiger charge is 2.59. The summed E-state index contributed by atoms with van der Waals surface area (Å²) in [7, 11) is 0. The van der Waals surface area contributed by atoms with Crippen LogP contribution in [0.4, 0.5) is 0 Å². The summed E-state index contributed by atoms with van der Waals surface area (Å²) in [6.45, 7) is 18.9. The number of ketones is 1. The van der Waals surface area contributed by atoms with Gasteiger partial charge < -0.3 is 9.47 Å². The first-order valence-corrected chi connectivity index (χ1v) is 17.3. The van der Waals surface area contributed by atoms with Gasteiger partial charge in [0.1, 0.15) is 11.9 Å². The van der Waals surface area contributed by atoms with Crippen molar-refractivity contribution in [1.29, 1.82) is 0 Å². The fourth-order valence-electron chi connectivity index (χ4n) is 10.2. The molecule has 0 heterocycles. The molecule has 0 spiro atoms. The van der Waals surface area contributed by atoms with Gasteiger partial charge in [0.2, 0.25) is 0 Å². The van der Waals surface area contributed by atoms with Gasteiger partial charge in [-0.1, -0.05) is 65.5 Å². The number of Topliss-reactive ketones (excluding diaryl/α,β-unsaturated/α-hetero) is 1. The number of carbonyl (C=O) groups is 2. The number of hydrogen-bond donors (Lipinski definition) is 0. The van der Waals surface area contributed by atoms with E-state index in [1.807, 2.05) is 20.8 Å². The first kappa shape index (κ1) is 32.7. The molecule has 3 saturated carbocycles. The SMILES string of the molecule is CCOC(C)(C)CC(=O)CCC(=O)OC1CCC2(C)C(=CCC3C2CCC2(C)C(C(C)CCCC(C)C)CCC32)C1. The lowest BCUT2D eigenvalue weighted by atomic mass is 9.47. The molecule has 8 unspecified atom stereocenters. The minimum absolute atomic E-state index is 0.0373. The molecule has 0 aromatic carbocycles. The van der Waals surface area contributed by atoms with Gasteiger partial charge in [-0.15, -0.1) is 0 Å². The van der Waals surface area contributed by atoms with Crippen LogP contribution in [0.1, 0.15) is 145 Å². The third-order valence-corrected chi connectivity index (χ3v) is 12.3. The zero-order valence-electron chi connectivity index (χ0n) is 27.9. The van der Waals surface area contributed by atoms with Crippen LogP contribution in [0.15, 0.2) is 11.6 Å². The summed E-state index contributed by atoms with van der Waals surface area (Å²) >= 11 is 0. The Balaban J connectivity index is 1.32. The average molecular weight is 571 g/mol. The molecule has 0 bridgehead atoms. The smallest absolute Gasteiger partial charge is 0.306 e. The van der Waals surface area contributed by atoms with E-state index in [4.69, 9.17) is 9.47 Å². The van der Waals surface area contributed by atoms with Crippen molar-refractivity contribution in [2.75, 3.05) is 6.61 Å². The molecule has 41 heavy (non-hydrogen) atoms. The molecule has 4 nitrogen and oxygen atoms in total. The van der Waals surface area contributed by atoms with Gasteiger partial charge in [0.25, 0.3) is 0 Å². The molecule has 0 amide bonds. The Morgan fingerprint density at radius 3 is 2.46 bits per heavy atom. The van der Waals surface area contributed by atoms with Crippen molar-refractivity contribution >= 4 is 11.8 Å². The zero-order chi connectivity index (χ0) is 30.0. The van der Waals surface area contributed by atoms with Crippen LogP contribution in [-0.2, 0) is 19.1 Å². The van der Waals surface area contributed by atoms with Gasteiger partial charge in [-0.2, -0.15) is 0 Å². The quantitative estimate of drug-likeness (QED) is 0.163. The Labute approximate surface area is 252 Å². The third kappa shape index (κ3) is 7.32. The van der Waals surface area contributed by atoms with Crippen LogP contribution >= 0.6 is 0 Å². The van der Waals surface area contributed by atoms with E-state index in [1.165, 1.54) is 51.4 Å². The number of hydrogen-bond acceptors (Lipinski definition) is 4. The van der Waals surface area contributed by atoms with Crippen molar-refractivity contribution in [3.05, 3.63) is 11.6 Å². The summed E-state index contributed by atoms with van der Waals surface area (Å²) < 4.78 is 11.6. The van der Waals surface area contributed by atoms with E-state index >= 15 is 0 Å². The van der Waals surface area contributed by atoms with Crippen LogP contribution in [0, 0.1) is 46.3 Å². The Morgan fingerprint density at radius 1 is 1.00 bits per heavy atom. The van der Waals surface area contributed by atoms with Crippen LogP contribution < -0.4 is 0 Å². The number of carbonyl (C=O) groups excluding carboxylic acids is 2. The van der Waals surface area contributed by atoms with Crippen molar-refractivity contribution in [1.82, 2.24) is 0 Å². The summed E-state index contributed by atoms with van der Waals surface area (Å²) in [6, 6.07) is 0. The van der Waals surface area contributed by atoms with Crippen LogP contribution in [0.2, 0.25) is 0 Å². The summed E-state index contributed by atoms with van der Waals surface area (Å²) in [4.78, 5) is 25.1. The molecule has 4 rings (SSSR count). The van der Waals surface area contributed by atoms with Gasteiger partial charge in [-0.3, -0.25) is 9.59 Å². The molecule has 0 saturated heterocycles. The molecule has 4 aliphatic carbocycles. The second-order valence-electron chi connectivity index (χ2n) is 16.1. The number of rotatable bonds is 13. The maximum absolute atomic E-state index is 12.7. The molecule has 8 atom stereocenters. The summed E-state index contributed by atoms with van der Waals surface area (Å²) in [5.74, 6) is 4.88. The predicted molar refractivity (Wildman–Crippen MR) is 167 cm³/mol. The maximum atomic E-state index is 12.7. The van der Waals surface area contributed by atoms with Gasteiger partial charge in [-0.05, 0) is 112 Å². The largest absolute Gasteiger partial charge is 0.462 e. The lowest BCUT2D eigenvalue weighted by Crippen LogP contribution is -2.51. The van der Waals surface area contributed by atoms with Crippen LogP contribution in [0.3, 0.4) is 0 Å². The summed E-state index contributed by atoms with van der Waals surface area (Å²) in [6.07, 6.45) is 17.3. The molecule has 3 fully saturated rings. The minimum atomic E-state index is -0.476. The van der Waals surface area contributed by atoms with Crippen molar-refractivity contribution in [2.45, 2.75) is 157 Å². The molecule has 0 radical (unpaired) electrons. The lowest BCUT2D eigenvalue weighted by Gasteiger charge is -2.58. The van der Waals surface area contributed by atoms with Crippen LogP contribution in [0.25, 0.3) is 0 Å². The topological polar surface area (TPSA) is 52.6 Å². The van der Waals surface area contributed by atoms with E-state index in [0.717, 1.165) is 54.8 Å². The maximum Gasteiger partial charge on any atom is 0.306 e. The van der Waals surface area contributed by atoms with Crippen molar-refractivity contribution < 1.29 is 19.1 Å². The van der Waals surface area contributed by atoms with Crippen molar-refractivity contribution in [2.24, 2.45) is 46.3 Å². The standard InChI is InChI=1S/C37H62O4/c1-9-40-35(5,6)24-28(38)14-18-34(39)41-29-19-21-36(7)27(23-29)13-15-30-32-17-16-31(26(4)12-10-11-25(2)3)37(32,8)22-20-33(30)36/h13,25-26,29-33H,9-12,14-24H2,1-8H3. The Hall–Kier alpha value is -1.16. The van der Waals surface area contributed by atoms with E-state index in [0.29, 0.717) is 18.4 Å². The highest BCUT2D eigenvalue weighted by molar-refractivity contribution is 5.83. The molecule has 0 aromatic heterocycles. The molecular weight excluding hydrogens is 508 g/mol. The molecular formula is C37H62O4. The van der Waals surface area contributed by atoms with E-state index in [-0.39, 0.29) is 36.1 Å². The van der Waals surface area contributed by atoms with E-state index in [1.54, 1.807) is 5.57 Å². The molecule has 234 valence electrons. The first-order valence-electron chi connectivity index (χ1n) is 17.3. The van der Waals surface area contributed by atoms with E-state index in [9.17, 15) is 9.59 Å². The number of allylic oxidation sites excluding steroid dienone is 1. The van der Waals surface area contributed by atoms with Crippen molar-refractivity contribution in [3.8, 4) is 0 Å². The second-order valence-corrected chi connectivity index (χ2v) is 16.1. The highest BCUT2D eigenvalue weighted by atomic mass is 16.5. The van der Waals surface area contributed by atoms with Gasteiger partial charge in [-0.25, -0.2) is 0 Å². The van der Waals surface area contributed by atoms with Crippen LogP contribution in [-0.4, -0.2) is 30.1 Å². The first-order chi connectivity index (χ1) is 19.3. The Morgan fingerprint density at radius 2 is 1.76 bits per heavy atom. The lowest BCUT2D eigenvalue weighted by molar-refractivity contribution is -0.152. The summed E-state index contributed by atoms with van der Waals surface area (Å²) in [5, 5.41) is 0. The van der Waals surface area contributed by atoms with Crippen LogP contribution in [0.5, 0.6) is 0 Å². The number of esters is 1. The van der Waals surface area contributed by atoms with Gasteiger partial charge in [0, 0.05) is 25.9 Å². The van der Waals surface area contributed by atoms with Gasteiger partial charge >= 0.3 is 5.97 Å². The molecule has 4 heteroatoms. The minimum Gasteiger partial charge on any atom is -0.462 e. The third-order valence-electron chi connectivity index (χ3n) is 12.3. The predicted octanol–water partition coefficient (Wildman–Crippen LogP) is 9.49. The second kappa shape index (κ2) is 13.2.